The first-order valence-electron chi connectivity index (χ1n) is 8.91. The number of hydrazone groups is 1. The van der Waals surface area contributed by atoms with Crippen LogP contribution in [0.4, 0.5) is 0 Å². The summed E-state index contributed by atoms with van der Waals surface area (Å²) in [7, 11) is -3.55. The second-order valence-corrected chi connectivity index (χ2v) is 8.49. The first-order chi connectivity index (χ1) is 13.6. The molecule has 1 aromatic heterocycles. The molecule has 28 heavy (non-hydrogen) atoms. The van der Waals surface area contributed by atoms with E-state index in [2.05, 4.69) is 10.2 Å². The zero-order valence-corrected chi connectivity index (χ0v) is 16.0. The molecule has 0 spiro atoms. The lowest BCUT2D eigenvalue weighted by Gasteiger charge is -2.23. The highest BCUT2D eigenvalue weighted by atomic mass is 32.2. The molecule has 0 saturated carbocycles. The Morgan fingerprint density at radius 3 is 2.64 bits per heavy atom. The predicted molar refractivity (Wildman–Crippen MR) is 104 cm³/mol. The van der Waals surface area contributed by atoms with Gasteiger partial charge in [-0.1, -0.05) is 24.3 Å². The summed E-state index contributed by atoms with van der Waals surface area (Å²) in [5, 5.41) is 19.7. The van der Waals surface area contributed by atoms with Gasteiger partial charge in [0.05, 0.1) is 47.9 Å². The lowest BCUT2D eigenvalue weighted by Crippen LogP contribution is -2.22. The Kier molecular flexibility index (Phi) is 4.97. The molecule has 1 aliphatic rings. The monoisotopic (exact) mass is 396 g/mol. The normalized spacial score (nSPS) is 13.5. The van der Waals surface area contributed by atoms with Gasteiger partial charge in [0.1, 0.15) is 0 Å². The Bertz CT molecular complexity index is 1110. The maximum atomic E-state index is 12.8. The average molecular weight is 396 g/mol. The van der Waals surface area contributed by atoms with Crippen molar-refractivity contribution >= 4 is 16.1 Å². The maximum absolute atomic E-state index is 12.8. The number of benzene rings is 2. The van der Waals surface area contributed by atoms with Crippen molar-refractivity contribution in [3.05, 3.63) is 77.6 Å². The third-order valence-electron chi connectivity index (χ3n) is 4.56. The number of aromatic nitrogens is 2. The topological polar surface area (TPSA) is 87.8 Å². The molecule has 2 heterocycles. The molecule has 0 saturated heterocycles. The largest absolute Gasteiger partial charge is 0.394 e. The van der Waals surface area contributed by atoms with Crippen molar-refractivity contribution < 1.29 is 13.5 Å². The molecule has 3 aromatic rings. The van der Waals surface area contributed by atoms with Crippen LogP contribution in [0.1, 0.15) is 16.8 Å². The van der Waals surface area contributed by atoms with Crippen molar-refractivity contribution in [3.63, 3.8) is 0 Å². The van der Waals surface area contributed by atoms with E-state index in [1.165, 1.54) is 0 Å². The first kappa shape index (κ1) is 18.4. The van der Waals surface area contributed by atoms with E-state index in [0.717, 1.165) is 16.8 Å². The second-order valence-electron chi connectivity index (χ2n) is 6.54. The Balaban J connectivity index is 1.53. The summed E-state index contributed by atoms with van der Waals surface area (Å²) in [5.41, 5.74) is 2.67. The molecule has 1 N–H and O–H groups in total. The van der Waals surface area contributed by atoms with Crippen LogP contribution < -0.4 is 0 Å². The van der Waals surface area contributed by atoms with E-state index < -0.39 is 9.84 Å². The van der Waals surface area contributed by atoms with Crippen LogP contribution in [0.15, 0.2) is 75.7 Å². The lowest BCUT2D eigenvalue weighted by molar-refractivity contribution is 0.257. The standard InChI is InChI=1S/C20H20N4O3S/c25-11-10-23-9-8-18(22-23)15-24-14-16-6-7-20(12-17(16)13-21-24)28(26,27)19-4-2-1-3-5-19/h1-9,12-13,25H,10-11,14-15H2. The number of hydrogen-bond acceptors (Lipinski definition) is 6. The van der Waals surface area contributed by atoms with E-state index in [1.54, 1.807) is 53.4 Å². The summed E-state index contributed by atoms with van der Waals surface area (Å²) in [6.07, 6.45) is 3.52. The smallest absolute Gasteiger partial charge is 0.206 e. The highest BCUT2D eigenvalue weighted by Gasteiger charge is 2.20. The molecule has 144 valence electrons. The predicted octanol–water partition coefficient (Wildman–Crippen LogP) is 2.06. The summed E-state index contributed by atoms with van der Waals surface area (Å²) < 4.78 is 27.3. The molecule has 0 aliphatic carbocycles. The molecule has 0 unspecified atom stereocenters. The van der Waals surface area contributed by atoms with Crippen LogP contribution >= 0.6 is 0 Å². The Hall–Kier alpha value is -2.97. The van der Waals surface area contributed by atoms with Crippen molar-refractivity contribution in [2.45, 2.75) is 29.4 Å². The van der Waals surface area contributed by atoms with Gasteiger partial charge >= 0.3 is 0 Å². The number of rotatable bonds is 6. The minimum Gasteiger partial charge on any atom is -0.394 e. The number of aliphatic hydroxyl groups excluding tert-OH is 1. The fraction of sp³-hybridized carbons (Fsp3) is 0.200. The van der Waals surface area contributed by atoms with Crippen LogP contribution in [-0.2, 0) is 29.5 Å². The van der Waals surface area contributed by atoms with Gasteiger partial charge in [-0.3, -0.25) is 9.69 Å². The Morgan fingerprint density at radius 2 is 1.86 bits per heavy atom. The zero-order valence-electron chi connectivity index (χ0n) is 15.1. The molecule has 4 rings (SSSR count). The Morgan fingerprint density at radius 1 is 1.04 bits per heavy atom. The number of sulfone groups is 1. The van der Waals surface area contributed by atoms with Gasteiger partial charge in [0.15, 0.2) is 0 Å². The van der Waals surface area contributed by atoms with E-state index in [1.807, 2.05) is 23.3 Å². The average Bonchev–Trinajstić information content (AvgIpc) is 3.15. The minimum absolute atomic E-state index is 0.0462. The van der Waals surface area contributed by atoms with Gasteiger partial charge in [-0.15, -0.1) is 0 Å². The fourth-order valence-electron chi connectivity index (χ4n) is 3.12. The SMILES string of the molecule is O=S(=O)(c1ccccc1)c1ccc2c(c1)C=NN(Cc1ccn(CCO)n1)C2. The summed E-state index contributed by atoms with van der Waals surface area (Å²) in [6.45, 7) is 1.62. The molecule has 2 aromatic carbocycles. The van der Waals surface area contributed by atoms with Crippen molar-refractivity contribution in [1.29, 1.82) is 0 Å². The van der Waals surface area contributed by atoms with Crippen LogP contribution in [0.25, 0.3) is 0 Å². The van der Waals surface area contributed by atoms with Crippen LogP contribution in [0.3, 0.4) is 0 Å². The van der Waals surface area contributed by atoms with Crippen molar-refractivity contribution in [2.24, 2.45) is 5.10 Å². The first-order valence-corrected chi connectivity index (χ1v) is 10.4. The van der Waals surface area contributed by atoms with E-state index in [4.69, 9.17) is 5.11 Å². The highest BCUT2D eigenvalue weighted by molar-refractivity contribution is 7.91. The summed E-state index contributed by atoms with van der Waals surface area (Å²) in [5.74, 6) is 0. The zero-order chi connectivity index (χ0) is 19.6. The van der Waals surface area contributed by atoms with Crippen LogP contribution in [0, 0.1) is 0 Å². The molecule has 7 nitrogen and oxygen atoms in total. The highest BCUT2D eigenvalue weighted by Crippen LogP contribution is 2.25. The van der Waals surface area contributed by atoms with Crippen molar-refractivity contribution in [3.8, 4) is 0 Å². The van der Waals surface area contributed by atoms with Gasteiger partial charge in [-0.05, 0) is 35.9 Å². The molecule has 0 amide bonds. The third-order valence-corrected chi connectivity index (χ3v) is 6.33. The molecular weight excluding hydrogens is 376 g/mol. The minimum atomic E-state index is -3.55. The van der Waals surface area contributed by atoms with Crippen LogP contribution in [0.5, 0.6) is 0 Å². The van der Waals surface area contributed by atoms with Crippen LogP contribution in [-0.4, -0.2) is 41.1 Å². The van der Waals surface area contributed by atoms with Crippen molar-refractivity contribution in [2.75, 3.05) is 6.61 Å². The number of hydrogen-bond donors (Lipinski definition) is 1. The van der Waals surface area contributed by atoms with E-state index in [0.29, 0.717) is 19.6 Å². The summed E-state index contributed by atoms with van der Waals surface area (Å²) >= 11 is 0. The number of fused-ring (bicyclic) bond motifs is 1. The van der Waals surface area contributed by atoms with Gasteiger partial charge in [0.25, 0.3) is 0 Å². The molecule has 1 aliphatic heterocycles. The quantitative estimate of drug-likeness (QED) is 0.689. The second kappa shape index (κ2) is 7.57. The van der Waals surface area contributed by atoms with Gasteiger partial charge in [-0.25, -0.2) is 8.42 Å². The molecule has 8 heteroatoms. The number of nitrogens with zero attached hydrogens (tertiary/aromatic N) is 4. The van der Waals surface area contributed by atoms with E-state index >= 15 is 0 Å². The van der Waals surface area contributed by atoms with Crippen LogP contribution in [0.2, 0.25) is 0 Å². The molecule has 0 fully saturated rings. The third kappa shape index (κ3) is 3.69. The number of aliphatic hydroxyl groups is 1. The summed E-state index contributed by atoms with van der Waals surface area (Å²) in [4.78, 5) is 0.544. The fourth-order valence-corrected chi connectivity index (χ4v) is 4.44. The molecule has 0 atom stereocenters. The van der Waals surface area contributed by atoms with Gasteiger partial charge in [-0.2, -0.15) is 10.2 Å². The van der Waals surface area contributed by atoms with E-state index in [9.17, 15) is 8.42 Å². The van der Waals surface area contributed by atoms with Gasteiger partial charge < -0.3 is 5.11 Å². The van der Waals surface area contributed by atoms with Gasteiger partial charge in [0, 0.05) is 11.8 Å². The van der Waals surface area contributed by atoms with E-state index in [-0.39, 0.29) is 16.4 Å². The maximum Gasteiger partial charge on any atom is 0.206 e. The molecular formula is C20H20N4O3S. The van der Waals surface area contributed by atoms with Gasteiger partial charge in [0.2, 0.25) is 9.84 Å². The van der Waals surface area contributed by atoms with Crippen molar-refractivity contribution in [1.82, 2.24) is 14.8 Å². The molecule has 0 radical (unpaired) electrons. The lowest BCUT2D eigenvalue weighted by atomic mass is 10.1. The summed E-state index contributed by atoms with van der Waals surface area (Å²) in [6, 6.07) is 15.5. The molecule has 0 bridgehead atoms. The Labute approximate surface area is 163 Å².